The lowest BCUT2D eigenvalue weighted by Crippen LogP contribution is -2.33. The van der Waals surface area contributed by atoms with Gasteiger partial charge in [0.15, 0.2) is 5.78 Å². The van der Waals surface area contributed by atoms with Gasteiger partial charge in [-0.2, -0.15) is 0 Å². The lowest BCUT2D eigenvalue weighted by Gasteiger charge is -2.21. The predicted octanol–water partition coefficient (Wildman–Crippen LogP) is 3.86. The fourth-order valence-corrected chi connectivity index (χ4v) is 3.78. The summed E-state index contributed by atoms with van der Waals surface area (Å²) >= 11 is 0. The van der Waals surface area contributed by atoms with Crippen molar-refractivity contribution in [3.05, 3.63) is 64.7 Å². The third kappa shape index (κ3) is 3.03. The molecule has 0 saturated carbocycles. The van der Waals surface area contributed by atoms with Crippen LogP contribution in [0.3, 0.4) is 0 Å². The molecular formula is C22H23NO4. The van der Waals surface area contributed by atoms with Crippen molar-refractivity contribution in [3.8, 4) is 0 Å². The molecule has 0 radical (unpaired) electrons. The first kappa shape index (κ1) is 18.8. The van der Waals surface area contributed by atoms with Crippen LogP contribution >= 0.6 is 0 Å². The number of amides is 1. The molecule has 0 saturated heterocycles. The molecule has 0 unspecified atom stereocenters. The van der Waals surface area contributed by atoms with E-state index in [0.29, 0.717) is 16.8 Å². The Hall–Kier alpha value is -2.95. The van der Waals surface area contributed by atoms with E-state index >= 15 is 0 Å². The second kappa shape index (κ2) is 6.34. The van der Waals surface area contributed by atoms with Crippen molar-refractivity contribution in [3.63, 3.8) is 0 Å². The van der Waals surface area contributed by atoms with Crippen LogP contribution in [0.4, 0.5) is 5.69 Å². The van der Waals surface area contributed by atoms with E-state index in [4.69, 9.17) is 0 Å². The minimum absolute atomic E-state index is 0.154. The van der Waals surface area contributed by atoms with Crippen LogP contribution in [0.5, 0.6) is 0 Å². The van der Waals surface area contributed by atoms with Gasteiger partial charge in [0, 0.05) is 22.1 Å². The third-order valence-corrected chi connectivity index (χ3v) is 5.33. The lowest BCUT2D eigenvalue weighted by atomic mass is 9.80. The SMILES string of the molecule is COC(=O)c1ccc(NC(=O)c2ccc3c(c2)C(C)(C)C(=O)C3(C)C)cc1. The Labute approximate surface area is 158 Å². The van der Waals surface area contributed by atoms with Crippen LogP contribution in [-0.2, 0) is 20.4 Å². The van der Waals surface area contributed by atoms with Crippen molar-refractivity contribution >= 4 is 23.3 Å². The largest absolute Gasteiger partial charge is 0.465 e. The first-order valence-electron chi connectivity index (χ1n) is 8.78. The number of anilines is 1. The van der Waals surface area contributed by atoms with Gasteiger partial charge in [-0.1, -0.05) is 6.07 Å². The summed E-state index contributed by atoms with van der Waals surface area (Å²) in [6, 6.07) is 11.9. The molecule has 27 heavy (non-hydrogen) atoms. The Balaban J connectivity index is 1.86. The summed E-state index contributed by atoms with van der Waals surface area (Å²) in [6.07, 6.45) is 0. The normalized spacial score (nSPS) is 16.6. The number of Topliss-reactive ketones (excluding diaryl/α,β-unsaturated/α-hetero) is 1. The molecule has 3 rings (SSSR count). The zero-order valence-corrected chi connectivity index (χ0v) is 16.2. The first-order valence-corrected chi connectivity index (χ1v) is 8.78. The summed E-state index contributed by atoms with van der Waals surface area (Å²) in [6.45, 7) is 7.64. The average molecular weight is 365 g/mol. The van der Waals surface area contributed by atoms with E-state index in [1.54, 1.807) is 36.4 Å². The number of carbonyl (C=O) groups excluding carboxylic acids is 3. The number of fused-ring (bicyclic) bond motifs is 1. The van der Waals surface area contributed by atoms with Gasteiger partial charge in [0.2, 0.25) is 0 Å². The van der Waals surface area contributed by atoms with Gasteiger partial charge < -0.3 is 10.1 Å². The molecule has 0 heterocycles. The fourth-order valence-electron chi connectivity index (χ4n) is 3.78. The molecular weight excluding hydrogens is 342 g/mol. The Morgan fingerprint density at radius 3 is 2.00 bits per heavy atom. The van der Waals surface area contributed by atoms with E-state index in [-0.39, 0.29) is 11.7 Å². The Kier molecular flexibility index (Phi) is 4.42. The minimum atomic E-state index is -0.628. The van der Waals surface area contributed by atoms with Gasteiger partial charge in [-0.3, -0.25) is 9.59 Å². The zero-order valence-electron chi connectivity index (χ0n) is 16.2. The Morgan fingerprint density at radius 1 is 0.852 bits per heavy atom. The monoisotopic (exact) mass is 365 g/mol. The van der Waals surface area contributed by atoms with E-state index in [9.17, 15) is 14.4 Å². The Bertz CT molecular complexity index is 939. The van der Waals surface area contributed by atoms with Crippen LogP contribution < -0.4 is 5.32 Å². The molecule has 2 aromatic rings. The van der Waals surface area contributed by atoms with Gasteiger partial charge in [0.1, 0.15) is 0 Å². The van der Waals surface area contributed by atoms with E-state index in [1.165, 1.54) is 7.11 Å². The highest BCUT2D eigenvalue weighted by Gasteiger charge is 2.50. The smallest absolute Gasteiger partial charge is 0.337 e. The number of nitrogens with one attached hydrogen (secondary N) is 1. The summed E-state index contributed by atoms with van der Waals surface area (Å²) in [5.41, 5.74) is 2.15. The number of methoxy groups -OCH3 is 1. The van der Waals surface area contributed by atoms with Gasteiger partial charge in [-0.05, 0) is 75.2 Å². The van der Waals surface area contributed by atoms with Crippen LogP contribution in [0, 0.1) is 0 Å². The molecule has 0 bridgehead atoms. The van der Waals surface area contributed by atoms with Gasteiger partial charge >= 0.3 is 5.97 Å². The van der Waals surface area contributed by atoms with Gasteiger partial charge in [0.25, 0.3) is 5.91 Å². The topological polar surface area (TPSA) is 72.5 Å². The van der Waals surface area contributed by atoms with Crippen LogP contribution in [0.2, 0.25) is 0 Å². The molecule has 0 atom stereocenters. The van der Waals surface area contributed by atoms with Crippen LogP contribution in [0.1, 0.15) is 59.5 Å². The van der Waals surface area contributed by atoms with Gasteiger partial charge in [-0.25, -0.2) is 4.79 Å². The second-order valence-corrected chi connectivity index (χ2v) is 7.86. The molecule has 1 N–H and O–H groups in total. The van der Waals surface area contributed by atoms with E-state index in [0.717, 1.165) is 11.1 Å². The fraction of sp³-hybridized carbons (Fsp3) is 0.318. The summed E-state index contributed by atoms with van der Waals surface area (Å²) in [5, 5.41) is 2.82. The molecule has 140 valence electrons. The zero-order chi connectivity index (χ0) is 20.0. The first-order chi connectivity index (χ1) is 12.6. The number of esters is 1. The quantitative estimate of drug-likeness (QED) is 0.838. The summed E-state index contributed by atoms with van der Waals surface area (Å²) in [5.74, 6) is -0.543. The number of ketones is 1. The van der Waals surface area contributed by atoms with Gasteiger partial charge in [0.05, 0.1) is 12.7 Å². The number of hydrogen-bond donors (Lipinski definition) is 1. The highest BCUT2D eigenvalue weighted by molar-refractivity contribution is 6.07. The Morgan fingerprint density at radius 2 is 1.41 bits per heavy atom. The number of hydrogen-bond acceptors (Lipinski definition) is 4. The van der Waals surface area contributed by atoms with Crippen molar-refractivity contribution in [1.29, 1.82) is 0 Å². The molecule has 0 aromatic heterocycles. The minimum Gasteiger partial charge on any atom is -0.465 e. The number of ether oxygens (including phenoxy) is 1. The lowest BCUT2D eigenvalue weighted by molar-refractivity contribution is -0.126. The van der Waals surface area contributed by atoms with Crippen molar-refractivity contribution in [2.75, 3.05) is 12.4 Å². The number of carbonyl (C=O) groups is 3. The van der Waals surface area contributed by atoms with Crippen molar-refractivity contribution in [1.82, 2.24) is 0 Å². The molecule has 1 aliphatic rings. The second-order valence-electron chi connectivity index (χ2n) is 7.86. The molecule has 5 nitrogen and oxygen atoms in total. The maximum absolute atomic E-state index is 12.8. The molecule has 2 aromatic carbocycles. The predicted molar refractivity (Wildman–Crippen MR) is 103 cm³/mol. The molecule has 0 spiro atoms. The number of benzene rings is 2. The molecule has 0 fully saturated rings. The van der Waals surface area contributed by atoms with Gasteiger partial charge in [-0.15, -0.1) is 0 Å². The van der Waals surface area contributed by atoms with Crippen LogP contribution in [0.25, 0.3) is 0 Å². The van der Waals surface area contributed by atoms with Crippen molar-refractivity contribution in [2.45, 2.75) is 38.5 Å². The van der Waals surface area contributed by atoms with E-state index < -0.39 is 16.8 Å². The number of rotatable bonds is 3. The molecule has 1 aliphatic carbocycles. The van der Waals surface area contributed by atoms with Crippen molar-refractivity contribution in [2.24, 2.45) is 0 Å². The molecule has 5 heteroatoms. The third-order valence-electron chi connectivity index (χ3n) is 5.33. The maximum atomic E-state index is 12.8. The van der Waals surface area contributed by atoms with Crippen LogP contribution in [-0.4, -0.2) is 24.8 Å². The summed E-state index contributed by atoms with van der Waals surface area (Å²) < 4.78 is 4.66. The highest BCUT2D eigenvalue weighted by Crippen LogP contribution is 2.46. The average Bonchev–Trinajstić information content (AvgIpc) is 2.79. The summed E-state index contributed by atoms with van der Waals surface area (Å²) in [4.78, 5) is 36.9. The standard InChI is InChI=1S/C22H23NO4/c1-21(2)16-11-8-14(12-17(16)22(3,4)20(21)26)18(24)23-15-9-6-13(7-10-15)19(25)27-5/h6-12H,1-5H3,(H,23,24). The van der Waals surface area contributed by atoms with Crippen molar-refractivity contribution < 1.29 is 19.1 Å². The summed E-state index contributed by atoms with van der Waals surface area (Å²) in [7, 11) is 1.32. The maximum Gasteiger partial charge on any atom is 0.337 e. The van der Waals surface area contributed by atoms with E-state index in [1.807, 2.05) is 33.8 Å². The highest BCUT2D eigenvalue weighted by atomic mass is 16.5. The van der Waals surface area contributed by atoms with Crippen LogP contribution in [0.15, 0.2) is 42.5 Å². The van der Waals surface area contributed by atoms with E-state index in [2.05, 4.69) is 10.1 Å². The molecule has 1 amide bonds. The molecule has 0 aliphatic heterocycles.